The molecule has 0 saturated carbocycles. The molecule has 1 aliphatic rings. The van der Waals surface area contributed by atoms with Crippen LogP contribution in [0, 0.1) is 5.92 Å². The highest BCUT2D eigenvalue weighted by Gasteiger charge is 2.15. The Kier molecular flexibility index (Phi) is 5.40. The number of carbonyl (C=O) groups is 1. The maximum atomic E-state index is 11.9. The number of hydrogen-bond acceptors (Lipinski definition) is 2. The number of ether oxygens (including phenoxy) is 1. The number of anilines is 1. The molecule has 0 spiro atoms. The summed E-state index contributed by atoms with van der Waals surface area (Å²) in [6, 6.07) is 8.08. The number of rotatable bonds is 5. The van der Waals surface area contributed by atoms with E-state index in [0.717, 1.165) is 44.6 Å². The Morgan fingerprint density at radius 2 is 1.95 bits per heavy atom. The van der Waals surface area contributed by atoms with Crippen LogP contribution >= 0.6 is 0 Å². The summed E-state index contributed by atoms with van der Waals surface area (Å²) in [6.45, 7) is 3.83. The van der Waals surface area contributed by atoms with E-state index in [4.69, 9.17) is 4.74 Å². The van der Waals surface area contributed by atoms with Gasteiger partial charge in [-0.1, -0.05) is 19.1 Å². The van der Waals surface area contributed by atoms with Crippen LogP contribution in [0.4, 0.5) is 5.69 Å². The number of carbonyl (C=O) groups excluding carboxylic acids is 1. The standard InChI is InChI=1S/C16H23NO2/c1-2-13-3-6-15(7-4-13)17-16(18)8-5-14-9-11-19-12-10-14/h3-4,6-7,14H,2,5,8-12H2,1H3,(H,17,18). The van der Waals surface area contributed by atoms with Crippen molar-refractivity contribution in [1.29, 1.82) is 0 Å². The zero-order valence-electron chi connectivity index (χ0n) is 11.7. The highest BCUT2D eigenvalue weighted by atomic mass is 16.5. The van der Waals surface area contributed by atoms with Crippen molar-refractivity contribution in [3.8, 4) is 0 Å². The van der Waals surface area contributed by atoms with Gasteiger partial charge in [0, 0.05) is 25.3 Å². The van der Waals surface area contributed by atoms with Gasteiger partial charge in [0.2, 0.25) is 5.91 Å². The normalized spacial score (nSPS) is 16.3. The summed E-state index contributed by atoms with van der Waals surface area (Å²) < 4.78 is 5.32. The highest BCUT2D eigenvalue weighted by molar-refractivity contribution is 5.90. The summed E-state index contributed by atoms with van der Waals surface area (Å²) in [5, 5.41) is 2.96. The Morgan fingerprint density at radius 3 is 2.58 bits per heavy atom. The van der Waals surface area contributed by atoms with E-state index in [2.05, 4.69) is 24.4 Å². The lowest BCUT2D eigenvalue weighted by molar-refractivity contribution is -0.116. The lowest BCUT2D eigenvalue weighted by Crippen LogP contribution is -2.18. The molecule has 1 N–H and O–H groups in total. The number of hydrogen-bond donors (Lipinski definition) is 1. The van der Waals surface area contributed by atoms with E-state index in [0.29, 0.717) is 12.3 Å². The first-order valence-electron chi connectivity index (χ1n) is 7.24. The second-order valence-electron chi connectivity index (χ2n) is 5.19. The first-order valence-corrected chi connectivity index (χ1v) is 7.24. The van der Waals surface area contributed by atoms with Crippen molar-refractivity contribution in [2.75, 3.05) is 18.5 Å². The Bertz CT molecular complexity index is 394. The van der Waals surface area contributed by atoms with Gasteiger partial charge in [-0.15, -0.1) is 0 Å². The topological polar surface area (TPSA) is 38.3 Å². The van der Waals surface area contributed by atoms with Crippen LogP contribution < -0.4 is 5.32 Å². The van der Waals surface area contributed by atoms with Gasteiger partial charge in [0.15, 0.2) is 0 Å². The van der Waals surface area contributed by atoms with Crippen LogP contribution in [0.5, 0.6) is 0 Å². The molecule has 104 valence electrons. The number of amides is 1. The molecule has 0 radical (unpaired) electrons. The zero-order valence-corrected chi connectivity index (χ0v) is 11.7. The fourth-order valence-corrected chi connectivity index (χ4v) is 2.42. The van der Waals surface area contributed by atoms with Crippen molar-refractivity contribution in [2.45, 2.75) is 39.0 Å². The average Bonchev–Trinajstić information content (AvgIpc) is 2.47. The van der Waals surface area contributed by atoms with E-state index in [-0.39, 0.29) is 5.91 Å². The van der Waals surface area contributed by atoms with Crippen molar-refractivity contribution in [1.82, 2.24) is 0 Å². The van der Waals surface area contributed by atoms with Gasteiger partial charge in [0.1, 0.15) is 0 Å². The molecule has 0 unspecified atom stereocenters. The summed E-state index contributed by atoms with van der Waals surface area (Å²) in [5.41, 5.74) is 2.19. The highest BCUT2D eigenvalue weighted by Crippen LogP contribution is 2.20. The summed E-state index contributed by atoms with van der Waals surface area (Å²) in [7, 11) is 0. The molecule has 1 aromatic carbocycles. The quantitative estimate of drug-likeness (QED) is 0.882. The van der Waals surface area contributed by atoms with Crippen LogP contribution in [0.3, 0.4) is 0 Å². The van der Waals surface area contributed by atoms with Gasteiger partial charge >= 0.3 is 0 Å². The Balaban J connectivity index is 1.73. The summed E-state index contributed by atoms with van der Waals surface area (Å²) in [4.78, 5) is 11.9. The van der Waals surface area contributed by atoms with Crippen LogP contribution in [0.1, 0.15) is 38.2 Å². The Morgan fingerprint density at radius 1 is 1.26 bits per heavy atom. The molecule has 1 heterocycles. The zero-order chi connectivity index (χ0) is 13.5. The summed E-state index contributed by atoms with van der Waals surface area (Å²) in [5.74, 6) is 0.776. The smallest absolute Gasteiger partial charge is 0.224 e. The second-order valence-corrected chi connectivity index (χ2v) is 5.19. The first-order chi connectivity index (χ1) is 9.28. The molecule has 1 amide bonds. The molecule has 0 bridgehead atoms. The monoisotopic (exact) mass is 261 g/mol. The van der Waals surface area contributed by atoms with Crippen molar-refractivity contribution >= 4 is 11.6 Å². The largest absolute Gasteiger partial charge is 0.381 e. The van der Waals surface area contributed by atoms with Crippen LogP contribution in [0.15, 0.2) is 24.3 Å². The van der Waals surface area contributed by atoms with E-state index in [9.17, 15) is 4.79 Å². The Hall–Kier alpha value is -1.35. The molecule has 19 heavy (non-hydrogen) atoms. The minimum absolute atomic E-state index is 0.121. The third-order valence-corrected chi connectivity index (χ3v) is 3.77. The molecule has 1 fully saturated rings. The van der Waals surface area contributed by atoms with Crippen molar-refractivity contribution in [3.05, 3.63) is 29.8 Å². The summed E-state index contributed by atoms with van der Waals surface area (Å²) >= 11 is 0. The second kappa shape index (κ2) is 7.29. The number of benzene rings is 1. The first kappa shape index (κ1) is 14.1. The van der Waals surface area contributed by atoms with Gasteiger partial charge in [0.25, 0.3) is 0 Å². The molecule has 0 aromatic heterocycles. The van der Waals surface area contributed by atoms with Crippen LogP contribution in [-0.4, -0.2) is 19.1 Å². The molecular formula is C16H23NO2. The van der Waals surface area contributed by atoms with Crippen molar-refractivity contribution in [3.63, 3.8) is 0 Å². The fourth-order valence-electron chi connectivity index (χ4n) is 2.42. The molecule has 0 aliphatic carbocycles. The molecule has 0 atom stereocenters. The predicted octanol–water partition coefficient (Wildman–Crippen LogP) is 3.39. The lowest BCUT2D eigenvalue weighted by Gasteiger charge is -2.21. The molecule has 1 aromatic rings. The van der Waals surface area contributed by atoms with Crippen LogP contribution in [-0.2, 0) is 16.0 Å². The van der Waals surface area contributed by atoms with E-state index in [1.165, 1.54) is 5.56 Å². The molecular weight excluding hydrogens is 238 g/mol. The van der Waals surface area contributed by atoms with E-state index in [1.807, 2.05) is 12.1 Å². The van der Waals surface area contributed by atoms with E-state index >= 15 is 0 Å². The summed E-state index contributed by atoms with van der Waals surface area (Å²) in [6.07, 6.45) is 4.80. The van der Waals surface area contributed by atoms with Crippen molar-refractivity contribution < 1.29 is 9.53 Å². The molecule has 2 rings (SSSR count). The number of aryl methyl sites for hydroxylation is 1. The van der Waals surface area contributed by atoms with Crippen LogP contribution in [0.2, 0.25) is 0 Å². The van der Waals surface area contributed by atoms with Gasteiger partial charge in [-0.3, -0.25) is 4.79 Å². The van der Waals surface area contributed by atoms with Gasteiger partial charge < -0.3 is 10.1 Å². The minimum Gasteiger partial charge on any atom is -0.381 e. The van der Waals surface area contributed by atoms with Gasteiger partial charge in [-0.05, 0) is 49.3 Å². The third kappa shape index (κ3) is 4.67. The maximum absolute atomic E-state index is 11.9. The Labute approximate surface area is 115 Å². The number of nitrogens with one attached hydrogen (secondary N) is 1. The van der Waals surface area contributed by atoms with Crippen LogP contribution in [0.25, 0.3) is 0 Å². The average molecular weight is 261 g/mol. The maximum Gasteiger partial charge on any atom is 0.224 e. The predicted molar refractivity (Wildman–Crippen MR) is 77.2 cm³/mol. The molecule has 3 nitrogen and oxygen atoms in total. The molecule has 3 heteroatoms. The molecule has 1 saturated heterocycles. The van der Waals surface area contributed by atoms with Gasteiger partial charge in [-0.25, -0.2) is 0 Å². The third-order valence-electron chi connectivity index (χ3n) is 3.77. The van der Waals surface area contributed by atoms with Gasteiger partial charge in [0.05, 0.1) is 0 Å². The van der Waals surface area contributed by atoms with E-state index < -0.39 is 0 Å². The SMILES string of the molecule is CCc1ccc(NC(=O)CCC2CCOCC2)cc1. The lowest BCUT2D eigenvalue weighted by atomic mass is 9.95. The fraction of sp³-hybridized carbons (Fsp3) is 0.562. The van der Waals surface area contributed by atoms with E-state index in [1.54, 1.807) is 0 Å². The van der Waals surface area contributed by atoms with Gasteiger partial charge in [-0.2, -0.15) is 0 Å². The van der Waals surface area contributed by atoms with Crippen molar-refractivity contribution in [2.24, 2.45) is 5.92 Å². The minimum atomic E-state index is 0.121. The molecule has 1 aliphatic heterocycles.